The number of hydrogen-bond acceptors (Lipinski definition) is 8. The Kier molecular flexibility index (Phi) is 10.1. The van der Waals surface area contributed by atoms with E-state index in [1.54, 1.807) is 37.3 Å². The molecular formula is C20H28N2O8. The summed E-state index contributed by atoms with van der Waals surface area (Å²) in [5.74, 6) is -2.54. The van der Waals surface area contributed by atoms with Gasteiger partial charge < -0.3 is 23.8 Å². The zero-order chi connectivity index (χ0) is 22.7. The number of nitrogens with zero attached hydrogens (tertiary/aromatic N) is 2. The van der Waals surface area contributed by atoms with Crippen LogP contribution in [0.2, 0.25) is 0 Å². The van der Waals surface area contributed by atoms with Crippen molar-refractivity contribution in [2.75, 3.05) is 34.7 Å². The summed E-state index contributed by atoms with van der Waals surface area (Å²) >= 11 is 0. The number of amides is 2. The molecule has 1 aliphatic rings. The monoisotopic (exact) mass is 424 g/mol. The van der Waals surface area contributed by atoms with Crippen LogP contribution in [-0.2, 0) is 33.3 Å². The third kappa shape index (κ3) is 5.86. The van der Waals surface area contributed by atoms with Gasteiger partial charge in [-0.1, -0.05) is 43.0 Å². The second kappa shape index (κ2) is 12.0. The molecule has 0 aromatic heterocycles. The molecule has 0 aromatic rings. The Morgan fingerprint density at radius 3 is 2.33 bits per heavy atom. The fourth-order valence-electron chi connectivity index (χ4n) is 2.67. The Morgan fingerprint density at radius 1 is 1.17 bits per heavy atom. The molecule has 1 heterocycles. The average Bonchev–Trinajstić information content (AvgIpc) is 3.25. The summed E-state index contributed by atoms with van der Waals surface area (Å²) in [6, 6.07) is -1.15. The number of likely N-dealkylation sites (N-methyl/N-ethyl adjacent to an activating group) is 1. The van der Waals surface area contributed by atoms with Crippen molar-refractivity contribution < 1.29 is 38.5 Å². The minimum absolute atomic E-state index is 0.147. The number of esters is 1. The third-order valence-electron chi connectivity index (χ3n) is 4.38. The normalized spacial score (nSPS) is 21.1. The molecule has 10 nitrogen and oxygen atoms in total. The molecular weight excluding hydrogens is 396 g/mol. The van der Waals surface area contributed by atoms with Crippen LogP contribution in [0.25, 0.3) is 0 Å². The highest BCUT2D eigenvalue weighted by Gasteiger charge is 2.54. The predicted molar refractivity (Wildman–Crippen MR) is 106 cm³/mol. The van der Waals surface area contributed by atoms with Crippen molar-refractivity contribution in [3.05, 3.63) is 49.1 Å². The van der Waals surface area contributed by atoms with Gasteiger partial charge in [-0.3, -0.25) is 14.8 Å². The largest absolute Gasteiger partial charge is 0.467 e. The molecule has 166 valence electrons. The molecule has 30 heavy (non-hydrogen) atoms. The lowest BCUT2D eigenvalue weighted by Crippen LogP contribution is -2.64. The molecule has 0 saturated carbocycles. The van der Waals surface area contributed by atoms with Gasteiger partial charge in [-0.05, 0) is 6.92 Å². The molecule has 0 spiro atoms. The number of carbonyl (C=O) groups excluding carboxylic acids is 3. The van der Waals surface area contributed by atoms with Crippen molar-refractivity contribution in [2.24, 2.45) is 0 Å². The van der Waals surface area contributed by atoms with Crippen LogP contribution in [0.15, 0.2) is 49.1 Å². The first-order chi connectivity index (χ1) is 14.3. The lowest BCUT2D eigenvalue weighted by Gasteiger charge is -2.38. The number of hydrogen-bond donors (Lipinski definition) is 1. The standard InChI is InChI=1S/C20H28N2O8/c1-6-7-8-9-10-11-12-16(23)22(26)20(13-29-14-30-20)19(25)21(3)17(15(2)27-4)18(24)28-5/h6-12,15,17,26H,1,13-14H2,2-5H3/b8-7+,10-9+,12-11+. The first-order valence-corrected chi connectivity index (χ1v) is 9.01. The van der Waals surface area contributed by atoms with Gasteiger partial charge in [-0.2, -0.15) is 5.06 Å². The van der Waals surface area contributed by atoms with Gasteiger partial charge in [-0.25, -0.2) is 4.79 Å². The molecule has 3 atom stereocenters. The smallest absolute Gasteiger partial charge is 0.331 e. The summed E-state index contributed by atoms with van der Waals surface area (Å²) in [5, 5.41) is 10.6. The first kappa shape index (κ1) is 25.2. The molecule has 1 fully saturated rings. The Balaban J connectivity index is 3.10. The highest BCUT2D eigenvalue weighted by molar-refractivity contribution is 5.95. The first-order valence-electron chi connectivity index (χ1n) is 9.01. The molecule has 1 N–H and O–H groups in total. The minimum atomic E-state index is -2.16. The van der Waals surface area contributed by atoms with Crippen LogP contribution in [0.4, 0.5) is 0 Å². The van der Waals surface area contributed by atoms with Gasteiger partial charge in [0.1, 0.15) is 6.61 Å². The van der Waals surface area contributed by atoms with E-state index >= 15 is 0 Å². The highest BCUT2D eigenvalue weighted by atomic mass is 16.8. The van der Waals surface area contributed by atoms with Gasteiger partial charge in [0.25, 0.3) is 17.5 Å². The van der Waals surface area contributed by atoms with Gasteiger partial charge >= 0.3 is 5.97 Å². The summed E-state index contributed by atoms with van der Waals surface area (Å²) in [6.45, 7) is 4.34. The molecule has 2 amide bonds. The van der Waals surface area contributed by atoms with Gasteiger partial charge in [-0.15, -0.1) is 0 Å². The van der Waals surface area contributed by atoms with Crippen molar-refractivity contribution in [3.63, 3.8) is 0 Å². The number of methoxy groups -OCH3 is 2. The molecule has 0 aliphatic carbocycles. The van der Waals surface area contributed by atoms with Crippen LogP contribution in [0.1, 0.15) is 6.92 Å². The SMILES string of the molecule is C=C/C=C/C=C/C=C/C(=O)N(O)C1(C(=O)N(C)C(C(=O)OC)C(C)OC)COCO1. The second-order valence-corrected chi connectivity index (χ2v) is 6.23. The molecule has 0 aromatic carbocycles. The van der Waals surface area contributed by atoms with Crippen molar-refractivity contribution in [1.82, 2.24) is 9.96 Å². The lowest BCUT2D eigenvalue weighted by molar-refractivity contribution is -0.246. The fraction of sp³-hybridized carbons (Fsp3) is 0.450. The number of carbonyl (C=O) groups is 3. The van der Waals surface area contributed by atoms with Crippen LogP contribution >= 0.6 is 0 Å². The Labute approximate surface area is 175 Å². The number of allylic oxidation sites excluding steroid dienone is 6. The van der Waals surface area contributed by atoms with Crippen molar-refractivity contribution in [3.8, 4) is 0 Å². The quantitative estimate of drug-likeness (QED) is 0.180. The summed E-state index contributed by atoms with van der Waals surface area (Å²) in [7, 11) is 3.85. The zero-order valence-corrected chi connectivity index (χ0v) is 17.5. The maximum atomic E-state index is 13.2. The van der Waals surface area contributed by atoms with E-state index in [0.29, 0.717) is 0 Å². The third-order valence-corrected chi connectivity index (χ3v) is 4.38. The summed E-state index contributed by atoms with van der Waals surface area (Å²) in [6.07, 6.45) is 9.85. The lowest BCUT2D eigenvalue weighted by atomic mass is 10.1. The molecule has 10 heteroatoms. The fourth-order valence-corrected chi connectivity index (χ4v) is 2.67. The Morgan fingerprint density at radius 2 is 1.80 bits per heavy atom. The highest BCUT2D eigenvalue weighted by Crippen LogP contribution is 2.26. The van der Waals surface area contributed by atoms with Crippen molar-refractivity contribution in [2.45, 2.75) is 24.8 Å². The van der Waals surface area contributed by atoms with Gasteiger partial charge in [0.2, 0.25) is 0 Å². The molecule has 1 rings (SSSR count). The van der Waals surface area contributed by atoms with Crippen molar-refractivity contribution >= 4 is 17.8 Å². The number of ether oxygens (including phenoxy) is 4. The minimum Gasteiger partial charge on any atom is -0.467 e. The molecule has 3 unspecified atom stereocenters. The molecule has 1 saturated heterocycles. The van der Waals surface area contributed by atoms with E-state index in [1.165, 1.54) is 27.3 Å². The van der Waals surface area contributed by atoms with E-state index < -0.39 is 42.3 Å². The van der Waals surface area contributed by atoms with E-state index in [-0.39, 0.29) is 11.9 Å². The van der Waals surface area contributed by atoms with Crippen molar-refractivity contribution in [1.29, 1.82) is 0 Å². The topological polar surface area (TPSA) is 115 Å². The van der Waals surface area contributed by atoms with Crippen LogP contribution in [0.3, 0.4) is 0 Å². The average molecular weight is 424 g/mol. The van der Waals surface area contributed by atoms with E-state index in [0.717, 1.165) is 11.0 Å². The second-order valence-electron chi connectivity index (χ2n) is 6.23. The van der Waals surface area contributed by atoms with E-state index in [4.69, 9.17) is 18.9 Å². The van der Waals surface area contributed by atoms with Gasteiger partial charge in [0.05, 0.1) is 13.2 Å². The molecule has 0 radical (unpaired) electrons. The molecule has 0 bridgehead atoms. The predicted octanol–water partition coefficient (Wildman–Crippen LogP) is 0.794. The van der Waals surface area contributed by atoms with Crippen LogP contribution in [0.5, 0.6) is 0 Å². The van der Waals surface area contributed by atoms with Crippen LogP contribution in [-0.4, -0.2) is 85.5 Å². The van der Waals surface area contributed by atoms with E-state index in [9.17, 15) is 19.6 Å². The number of hydroxylamine groups is 2. The van der Waals surface area contributed by atoms with E-state index in [1.807, 2.05) is 0 Å². The number of rotatable bonds is 10. The van der Waals surface area contributed by atoms with Gasteiger partial charge in [0.15, 0.2) is 12.8 Å². The Hall–Kier alpha value is -2.79. The van der Waals surface area contributed by atoms with E-state index in [2.05, 4.69) is 6.58 Å². The van der Waals surface area contributed by atoms with Crippen LogP contribution in [0, 0.1) is 0 Å². The zero-order valence-electron chi connectivity index (χ0n) is 17.5. The summed E-state index contributed by atoms with van der Waals surface area (Å²) in [4.78, 5) is 38.8. The van der Waals surface area contributed by atoms with Gasteiger partial charge in [0, 0.05) is 20.2 Å². The summed E-state index contributed by atoms with van der Waals surface area (Å²) in [5.41, 5.74) is -2.16. The maximum Gasteiger partial charge on any atom is 0.331 e. The maximum absolute atomic E-state index is 13.2. The Bertz CT molecular complexity index is 710. The van der Waals surface area contributed by atoms with Crippen LogP contribution < -0.4 is 0 Å². The summed E-state index contributed by atoms with van der Waals surface area (Å²) < 4.78 is 20.3. The molecule has 1 aliphatic heterocycles.